The third kappa shape index (κ3) is 5.64. The number of fused-ring (bicyclic) bond motifs is 1. The van der Waals surface area contributed by atoms with Crippen molar-refractivity contribution in [1.29, 1.82) is 0 Å². The van der Waals surface area contributed by atoms with Crippen LogP contribution < -0.4 is 10.6 Å². The topological polar surface area (TPSA) is 70.7 Å². The maximum Gasteiger partial charge on any atom is 0.407 e. The molecule has 4 rings (SSSR count). The van der Waals surface area contributed by atoms with Crippen LogP contribution in [0.2, 0.25) is 0 Å². The van der Waals surface area contributed by atoms with Gasteiger partial charge in [0.2, 0.25) is 0 Å². The van der Waals surface area contributed by atoms with Gasteiger partial charge < -0.3 is 20.3 Å². The number of amides is 3. The van der Waals surface area contributed by atoms with Crippen LogP contribution in [0.1, 0.15) is 56.3 Å². The van der Waals surface area contributed by atoms with Crippen LogP contribution in [-0.4, -0.2) is 41.8 Å². The first-order valence-electron chi connectivity index (χ1n) is 11.6. The summed E-state index contributed by atoms with van der Waals surface area (Å²) in [5.74, 6) is 0.0219. The van der Waals surface area contributed by atoms with Gasteiger partial charge in [-0.25, -0.2) is 14.0 Å². The van der Waals surface area contributed by atoms with Gasteiger partial charge in [0.25, 0.3) is 0 Å². The molecule has 0 spiro atoms. The number of nitrogens with one attached hydrogen (secondary N) is 2. The molecule has 2 aliphatic rings. The summed E-state index contributed by atoms with van der Waals surface area (Å²) < 4.78 is 18.8. The Bertz CT molecular complexity index is 997. The summed E-state index contributed by atoms with van der Waals surface area (Å²) >= 11 is 0. The van der Waals surface area contributed by atoms with Crippen LogP contribution in [-0.2, 0) is 11.2 Å². The molecule has 0 unspecified atom stereocenters. The Morgan fingerprint density at radius 3 is 2.48 bits per heavy atom. The van der Waals surface area contributed by atoms with E-state index in [1.165, 1.54) is 17.7 Å². The number of ether oxygens (including phenoxy) is 1. The van der Waals surface area contributed by atoms with Crippen molar-refractivity contribution in [3.8, 4) is 0 Å². The standard InChI is InChI=1S/C26H32FN3O3/c1-26(2,3)33-25(32)29-21-14-17(15-21)16-28-24(31)30-13-12-18-6-4-5-7-22(18)23(30)19-8-10-20(27)11-9-19/h4-11,17,21,23H,12-16H2,1-3H3,(H,28,31)(H,29,32)/t17?,21?,23-/m0/s1. The Hall–Kier alpha value is -3.09. The van der Waals surface area contributed by atoms with Crippen LogP contribution in [0.15, 0.2) is 48.5 Å². The quantitative estimate of drug-likeness (QED) is 0.700. The highest BCUT2D eigenvalue weighted by molar-refractivity contribution is 5.76. The summed E-state index contributed by atoms with van der Waals surface area (Å²) in [5.41, 5.74) is 2.67. The molecule has 3 amide bonds. The minimum atomic E-state index is -0.519. The number of hydrogen-bond acceptors (Lipinski definition) is 3. The molecular formula is C26H32FN3O3. The van der Waals surface area contributed by atoms with Crippen molar-refractivity contribution in [1.82, 2.24) is 15.5 Å². The van der Waals surface area contributed by atoms with Crippen molar-refractivity contribution < 1.29 is 18.7 Å². The van der Waals surface area contributed by atoms with E-state index in [9.17, 15) is 14.0 Å². The van der Waals surface area contributed by atoms with Crippen LogP contribution in [0.25, 0.3) is 0 Å². The zero-order valence-electron chi connectivity index (χ0n) is 19.4. The number of urea groups is 1. The number of nitrogens with zero attached hydrogens (tertiary/aromatic N) is 1. The highest BCUT2D eigenvalue weighted by atomic mass is 19.1. The maximum absolute atomic E-state index is 13.5. The molecule has 2 aromatic rings. The van der Waals surface area contributed by atoms with Crippen molar-refractivity contribution in [2.75, 3.05) is 13.1 Å². The Morgan fingerprint density at radius 2 is 1.79 bits per heavy atom. The molecule has 33 heavy (non-hydrogen) atoms. The summed E-state index contributed by atoms with van der Waals surface area (Å²) in [5, 5.41) is 5.96. The molecule has 1 fully saturated rings. The van der Waals surface area contributed by atoms with Crippen molar-refractivity contribution in [3.63, 3.8) is 0 Å². The van der Waals surface area contributed by atoms with Gasteiger partial charge in [-0.15, -0.1) is 0 Å². The van der Waals surface area contributed by atoms with E-state index >= 15 is 0 Å². The van der Waals surface area contributed by atoms with E-state index < -0.39 is 11.7 Å². The summed E-state index contributed by atoms with van der Waals surface area (Å²) in [4.78, 5) is 26.9. The van der Waals surface area contributed by atoms with E-state index in [-0.39, 0.29) is 23.9 Å². The highest BCUT2D eigenvalue weighted by Gasteiger charge is 2.35. The number of benzene rings is 2. The first-order chi connectivity index (χ1) is 15.7. The molecule has 2 aromatic carbocycles. The third-order valence-corrected chi connectivity index (χ3v) is 6.23. The van der Waals surface area contributed by atoms with Crippen LogP contribution in [0.5, 0.6) is 0 Å². The predicted octanol–water partition coefficient (Wildman–Crippen LogP) is 4.79. The molecule has 0 bridgehead atoms. The Kier molecular flexibility index (Phi) is 6.58. The molecule has 176 valence electrons. The molecule has 7 heteroatoms. The van der Waals surface area contributed by atoms with Gasteiger partial charge in [-0.2, -0.15) is 0 Å². The van der Waals surface area contributed by atoms with Gasteiger partial charge in [-0.1, -0.05) is 36.4 Å². The van der Waals surface area contributed by atoms with E-state index in [4.69, 9.17) is 4.74 Å². The normalized spacial score (nSPS) is 22.1. The molecule has 1 saturated carbocycles. The zero-order valence-corrected chi connectivity index (χ0v) is 19.4. The molecular weight excluding hydrogens is 421 g/mol. The molecule has 0 saturated heterocycles. The van der Waals surface area contributed by atoms with Crippen LogP contribution >= 0.6 is 0 Å². The van der Waals surface area contributed by atoms with Gasteiger partial charge in [0.05, 0.1) is 6.04 Å². The average Bonchev–Trinajstić information content (AvgIpc) is 2.73. The second-order valence-corrected chi connectivity index (χ2v) is 9.96. The minimum absolute atomic E-state index is 0.0792. The molecule has 1 heterocycles. The fourth-order valence-electron chi connectivity index (χ4n) is 4.62. The number of alkyl carbamates (subject to hydrolysis) is 1. The highest BCUT2D eigenvalue weighted by Crippen LogP contribution is 2.35. The van der Waals surface area contributed by atoms with Gasteiger partial charge in [0, 0.05) is 19.1 Å². The monoisotopic (exact) mass is 453 g/mol. The summed E-state index contributed by atoms with van der Waals surface area (Å²) in [6.45, 7) is 6.66. The number of hydrogen-bond donors (Lipinski definition) is 2. The largest absolute Gasteiger partial charge is 0.444 e. The lowest BCUT2D eigenvalue weighted by Crippen LogP contribution is -2.51. The van der Waals surface area contributed by atoms with Crippen molar-refractivity contribution >= 4 is 12.1 Å². The van der Waals surface area contributed by atoms with Crippen molar-refractivity contribution in [3.05, 3.63) is 71.0 Å². The van der Waals surface area contributed by atoms with Crippen LogP contribution in [0.3, 0.4) is 0 Å². The SMILES string of the molecule is CC(C)(C)OC(=O)NC1CC(CNC(=O)N2CCc3ccccc3[C@@H]2c2ccc(F)cc2)C1. The molecule has 0 aromatic heterocycles. The molecule has 1 aliphatic heterocycles. The molecule has 2 N–H and O–H groups in total. The van der Waals surface area contributed by atoms with E-state index in [1.807, 2.05) is 43.9 Å². The van der Waals surface area contributed by atoms with E-state index in [0.29, 0.717) is 19.0 Å². The second kappa shape index (κ2) is 9.41. The summed E-state index contributed by atoms with van der Waals surface area (Å²) in [7, 11) is 0. The minimum Gasteiger partial charge on any atom is -0.444 e. The van der Waals surface area contributed by atoms with Gasteiger partial charge in [0.1, 0.15) is 11.4 Å². The summed E-state index contributed by atoms with van der Waals surface area (Å²) in [6.07, 6.45) is 2.00. The van der Waals surface area contributed by atoms with Crippen molar-refractivity contribution in [2.24, 2.45) is 5.92 Å². The number of rotatable bonds is 4. The summed E-state index contributed by atoms with van der Waals surface area (Å²) in [6, 6.07) is 14.2. The Balaban J connectivity index is 1.35. The average molecular weight is 454 g/mol. The zero-order chi connectivity index (χ0) is 23.6. The predicted molar refractivity (Wildman–Crippen MR) is 124 cm³/mol. The molecule has 1 aliphatic carbocycles. The Morgan fingerprint density at radius 1 is 1.09 bits per heavy atom. The first kappa shape index (κ1) is 23.1. The number of carbonyl (C=O) groups excluding carboxylic acids is 2. The fraction of sp³-hybridized carbons (Fsp3) is 0.462. The van der Waals surface area contributed by atoms with Gasteiger partial charge in [-0.05, 0) is 74.8 Å². The van der Waals surface area contributed by atoms with E-state index in [2.05, 4.69) is 16.7 Å². The Labute approximate surface area is 194 Å². The molecule has 6 nitrogen and oxygen atoms in total. The number of carbonyl (C=O) groups is 2. The van der Waals surface area contributed by atoms with E-state index in [0.717, 1.165) is 30.4 Å². The molecule has 0 radical (unpaired) electrons. The maximum atomic E-state index is 13.5. The lowest BCUT2D eigenvalue weighted by molar-refractivity contribution is 0.0452. The number of halogens is 1. The van der Waals surface area contributed by atoms with Crippen LogP contribution in [0.4, 0.5) is 14.0 Å². The van der Waals surface area contributed by atoms with Crippen molar-refractivity contribution in [2.45, 2.75) is 57.7 Å². The van der Waals surface area contributed by atoms with Gasteiger partial charge in [0.15, 0.2) is 0 Å². The van der Waals surface area contributed by atoms with Crippen LogP contribution in [0, 0.1) is 11.7 Å². The lowest BCUT2D eigenvalue weighted by atomic mass is 9.80. The third-order valence-electron chi connectivity index (χ3n) is 6.23. The van der Waals surface area contributed by atoms with Gasteiger partial charge in [-0.3, -0.25) is 0 Å². The second-order valence-electron chi connectivity index (χ2n) is 9.96. The van der Waals surface area contributed by atoms with E-state index in [1.54, 1.807) is 12.1 Å². The molecule has 1 atom stereocenters. The lowest BCUT2D eigenvalue weighted by Gasteiger charge is -2.39. The smallest absolute Gasteiger partial charge is 0.407 e. The first-order valence-corrected chi connectivity index (χ1v) is 11.6. The fourth-order valence-corrected chi connectivity index (χ4v) is 4.62. The van der Waals surface area contributed by atoms with Gasteiger partial charge >= 0.3 is 12.1 Å².